The highest BCUT2D eigenvalue weighted by atomic mass is 16.5. The van der Waals surface area contributed by atoms with Gasteiger partial charge in [-0.15, -0.1) is 0 Å². The molecule has 6 heteroatoms. The summed E-state index contributed by atoms with van der Waals surface area (Å²) in [5.41, 5.74) is 2.12. The SMILES string of the molecule is CC(C)=CCOC1=CC(O)=C(C(=O)CO)C(=O)C1(CC=C(C)C)CC=C(C)CCC=C(C)C=O. The number of aliphatic hydroxyl groups is 2. The van der Waals surface area contributed by atoms with Crippen molar-refractivity contribution in [2.45, 2.75) is 67.2 Å². The minimum atomic E-state index is -1.23. The van der Waals surface area contributed by atoms with Gasteiger partial charge >= 0.3 is 0 Å². The molecule has 6 nitrogen and oxygen atoms in total. The van der Waals surface area contributed by atoms with Gasteiger partial charge in [-0.25, -0.2) is 0 Å². The molecule has 0 bridgehead atoms. The maximum absolute atomic E-state index is 13.7. The third-order valence-electron chi connectivity index (χ3n) is 5.66. The van der Waals surface area contributed by atoms with Crippen LogP contribution in [0.15, 0.2) is 69.8 Å². The normalized spacial score (nSPS) is 18.9. The lowest BCUT2D eigenvalue weighted by Crippen LogP contribution is -2.40. The van der Waals surface area contributed by atoms with Crippen molar-refractivity contribution in [3.05, 3.63) is 69.8 Å². The number of ketones is 2. The summed E-state index contributed by atoms with van der Waals surface area (Å²) >= 11 is 0. The van der Waals surface area contributed by atoms with Gasteiger partial charge in [0.25, 0.3) is 0 Å². The van der Waals surface area contributed by atoms with E-state index in [1.165, 1.54) is 6.08 Å². The van der Waals surface area contributed by atoms with Crippen LogP contribution in [0.25, 0.3) is 0 Å². The Morgan fingerprint density at radius 2 is 1.62 bits per heavy atom. The maximum atomic E-state index is 13.7. The Hall–Kier alpha value is -2.99. The molecule has 1 atom stereocenters. The van der Waals surface area contributed by atoms with Crippen molar-refractivity contribution < 1.29 is 29.3 Å². The first-order valence-electron chi connectivity index (χ1n) is 11.5. The summed E-state index contributed by atoms with van der Waals surface area (Å²) in [6, 6.07) is 0. The van der Waals surface area contributed by atoms with Crippen LogP contribution >= 0.6 is 0 Å². The molecule has 1 rings (SSSR count). The summed E-state index contributed by atoms with van der Waals surface area (Å²) in [4.78, 5) is 36.9. The lowest BCUT2D eigenvalue weighted by molar-refractivity contribution is -0.129. The van der Waals surface area contributed by atoms with Crippen molar-refractivity contribution >= 4 is 17.9 Å². The molecule has 0 aromatic heterocycles. The van der Waals surface area contributed by atoms with E-state index in [4.69, 9.17) is 4.74 Å². The number of rotatable bonds is 13. The number of allylic oxidation sites excluding steroid dienone is 9. The second kappa shape index (κ2) is 13.7. The van der Waals surface area contributed by atoms with Crippen LogP contribution in [-0.2, 0) is 19.1 Å². The average molecular weight is 471 g/mol. The van der Waals surface area contributed by atoms with E-state index in [1.54, 1.807) is 6.92 Å². The quantitative estimate of drug-likeness (QED) is 0.161. The van der Waals surface area contributed by atoms with E-state index in [0.717, 1.165) is 23.0 Å². The van der Waals surface area contributed by atoms with Crippen molar-refractivity contribution in [2.24, 2.45) is 5.41 Å². The van der Waals surface area contributed by atoms with Crippen LogP contribution in [0.2, 0.25) is 0 Å². The minimum Gasteiger partial charge on any atom is -0.507 e. The summed E-state index contributed by atoms with van der Waals surface area (Å²) in [5, 5.41) is 19.9. The first-order chi connectivity index (χ1) is 16.0. The van der Waals surface area contributed by atoms with E-state index in [0.29, 0.717) is 24.2 Å². The number of aldehydes is 1. The topological polar surface area (TPSA) is 101 Å². The van der Waals surface area contributed by atoms with E-state index < -0.39 is 34.9 Å². The van der Waals surface area contributed by atoms with Gasteiger partial charge in [-0.1, -0.05) is 34.9 Å². The van der Waals surface area contributed by atoms with Crippen LogP contribution < -0.4 is 0 Å². The van der Waals surface area contributed by atoms with Gasteiger partial charge in [0.1, 0.15) is 36.6 Å². The number of carbonyl (C=O) groups excluding carboxylic acids is 3. The average Bonchev–Trinajstić information content (AvgIpc) is 2.77. The molecule has 0 aromatic rings. The Kier molecular flexibility index (Phi) is 11.7. The fraction of sp³-hybridized carbons (Fsp3) is 0.464. The Balaban J connectivity index is 3.51. The number of aliphatic hydroxyl groups excluding tert-OH is 2. The van der Waals surface area contributed by atoms with Crippen molar-refractivity contribution in [3.63, 3.8) is 0 Å². The van der Waals surface area contributed by atoms with Crippen LogP contribution in [-0.4, -0.2) is 41.3 Å². The van der Waals surface area contributed by atoms with Gasteiger partial charge in [-0.2, -0.15) is 0 Å². The number of ether oxygens (including phenoxy) is 1. The maximum Gasteiger partial charge on any atom is 0.195 e. The van der Waals surface area contributed by atoms with Gasteiger partial charge in [0.05, 0.1) is 5.41 Å². The molecule has 0 saturated carbocycles. The smallest absolute Gasteiger partial charge is 0.195 e. The van der Waals surface area contributed by atoms with Gasteiger partial charge in [-0.3, -0.25) is 14.4 Å². The molecule has 1 unspecified atom stereocenters. The van der Waals surface area contributed by atoms with Gasteiger partial charge in [-0.05, 0) is 78.9 Å². The molecule has 0 heterocycles. The molecule has 0 radical (unpaired) electrons. The molecule has 0 saturated heterocycles. The Labute approximate surface area is 203 Å². The van der Waals surface area contributed by atoms with Gasteiger partial charge in [0.15, 0.2) is 11.6 Å². The second-order valence-electron chi connectivity index (χ2n) is 9.20. The summed E-state index contributed by atoms with van der Waals surface area (Å²) < 4.78 is 5.99. The molecule has 0 aliphatic heterocycles. The van der Waals surface area contributed by atoms with Crippen molar-refractivity contribution in [3.8, 4) is 0 Å². The second-order valence-corrected chi connectivity index (χ2v) is 9.20. The van der Waals surface area contributed by atoms with Crippen LogP contribution in [0, 0.1) is 5.41 Å². The number of hydrogen-bond acceptors (Lipinski definition) is 6. The number of carbonyl (C=O) groups is 3. The van der Waals surface area contributed by atoms with Gasteiger partial charge in [0.2, 0.25) is 0 Å². The molecule has 1 aliphatic carbocycles. The van der Waals surface area contributed by atoms with Crippen LogP contribution in [0.1, 0.15) is 67.2 Å². The molecule has 0 spiro atoms. The Bertz CT molecular complexity index is 963. The Morgan fingerprint density at radius 1 is 1.00 bits per heavy atom. The van der Waals surface area contributed by atoms with E-state index in [2.05, 4.69) is 0 Å². The molecule has 186 valence electrons. The van der Waals surface area contributed by atoms with Gasteiger partial charge in [0, 0.05) is 6.08 Å². The molecule has 0 fully saturated rings. The molecule has 1 aliphatic rings. The molecule has 0 amide bonds. The molecule has 0 aromatic carbocycles. The predicted molar refractivity (Wildman–Crippen MR) is 134 cm³/mol. The molecule has 34 heavy (non-hydrogen) atoms. The van der Waals surface area contributed by atoms with E-state index in [9.17, 15) is 24.6 Å². The van der Waals surface area contributed by atoms with Crippen LogP contribution in [0.5, 0.6) is 0 Å². The lowest BCUT2D eigenvalue weighted by Gasteiger charge is -2.36. The fourth-order valence-corrected chi connectivity index (χ4v) is 3.50. The lowest BCUT2D eigenvalue weighted by atomic mass is 9.69. The third kappa shape index (κ3) is 8.10. The zero-order valence-corrected chi connectivity index (χ0v) is 21.2. The highest BCUT2D eigenvalue weighted by Gasteiger charge is 2.48. The molecule has 2 N–H and O–H groups in total. The highest BCUT2D eigenvalue weighted by Crippen LogP contribution is 2.45. The molecular formula is C28H38O6. The predicted octanol–water partition coefficient (Wildman–Crippen LogP) is 5.41. The monoisotopic (exact) mass is 470 g/mol. The van der Waals surface area contributed by atoms with Crippen molar-refractivity contribution in [1.29, 1.82) is 0 Å². The largest absolute Gasteiger partial charge is 0.507 e. The first kappa shape index (κ1) is 29.0. The van der Waals surface area contributed by atoms with E-state index in [-0.39, 0.29) is 19.4 Å². The van der Waals surface area contributed by atoms with E-state index >= 15 is 0 Å². The minimum absolute atomic E-state index is 0.215. The van der Waals surface area contributed by atoms with Gasteiger partial charge < -0.3 is 14.9 Å². The van der Waals surface area contributed by atoms with Crippen LogP contribution in [0.3, 0.4) is 0 Å². The highest BCUT2D eigenvalue weighted by molar-refractivity contribution is 6.24. The summed E-state index contributed by atoms with van der Waals surface area (Å²) in [6.07, 6.45) is 11.7. The standard InChI is InChI=1S/C28H38O6/c1-19(2)10-13-28(14-11-21(5)8-7-9-22(6)17-29)25(34-15-12-20(3)4)16-23(31)26(27(28)33)24(32)18-30/h9-12,16-17,30-31H,7-8,13-15,18H2,1-6H3. The summed E-state index contributed by atoms with van der Waals surface area (Å²) in [6.45, 7) is 10.8. The summed E-state index contributed by atoms with van der Waals surface area (Å²) in [7, 11) is 0. The first-order valence-corrected chi connectivity index (χ1v) is 11.5. The van der Waals surface area contributed by atoms with Crippen molar-refractivity contribution in [1.82, 2.24) is 0 Å². The van der Waals surface area contributed by atoms with Crippen molar-refractivity contribution in [2.75, 3.05) is 13.2 Å². The number of hydrogen-bond donors (Lipinski definition) is 2. The zero-order chi connectivity index (χ0) is 25.9. The summed E-state index contributed by atoms with van der Waals surface area (Å²) in [5.74, 6) is -1.57. The van der Waals surface area contributed by atoms with E-state index in [1.807, 2.05) is 58.9 Å². The Morgan fingerprint density at radius 3 is 2.18 bits per heavy atom. The fourth-order valence-electron chi connectivity index (χ4n) is 3.50. The zero-order valence-electron chi connectivity index (χ0n) is 21.2. The molecular weight excluding hydrogens is 432 g/mol. The third-order valence-corrected chi connectivity index (χ3v) is 5.66. The number of Topliss-reactive ketones (excluding diaryl/α,β-unsaturated/α-hetero) is 2. The van der Waals surface area contributed by atoms with Crippen LogP contribution in [0.4, 0.5) is 0 Å².